The molecule has 0 bridgehead atoms. The van der Waals surface area contributed by atoms with Crippen LogP contribution in [0.5, 0.6) is 0 Å². The van der Waals surface area contributed by atoms with Gasteiger partial charge in [0.05, 0.1) is 0 Å². The average Bonchev–Trinajstić information content (AvgIpc) is 3.81. The van der Waals surface area contributed by atoms with Gasteiger partial charge in [-0.2, -0.15) is 0 Å². The second-order valence-electron chi connectivity index (χ2n) is 17.7. The molecule has 0 aliphatic heterocycles. The third kappa shape index (κ3) is 3.61. The summed E-state index contributed by atoms with van der Waals surface area (Å²) in [5.41, 5.74) is 21.0. The minimum absolute atomic E-state index is 0.0794. The molecule has 0 amide bonds. The summed E-state index contributed by atoms with van der Waals surface area (Å²) in [7, 11) is 0. The summed E-state index contributed by atoms with van der Waals surface area (Å²) in [5, 5.41) is 7.61. The summed E-state index contributed by atoms with van der Waals surface area (Å²) in [4.78, 5) is 0. The van der Waals surface area contributed by atoms with E-state index in [1.165, 1.54) is 105 Å². The molecule has 1 heterocycles. The second kappa shape index (κ2) is 9.78. The van der Waals surface area contributed by atoms with Gasteiger partial charge in [-0.25, -0.2) is 0 Å². The molecule has 0 saturated heterocycles. The lowest BCUT2D eigenvalue weighted by molar-refractivity contribution is 0.649. The molecule has 0 N–H and O–H groups in total. The van der Waals surface area contributed by atoms with Crippen LogP contribution in [0, 0.1) is 0 Å². The largest absolute Gasteiger partial charge is 0.456 e. The maximum atomic E-state index is 6.23. The summed E-state index contributed by atoms with van der Waals surface area (Å²) in [6.07, 6.45) is 0. The Hall–Kier alpha value is -5.92. The minimum atomic E-state index is -0.178. The molecule has 3 aliphatic carbocycles. The van der Waals surface area contributed by atoms with Crippen LogP contribution in [0.3, 0.4) is 0 Å². The Morgan fingerprint density at radius 3 is 1.56 bits per heavy atom. The number of fused-ring (bicyclic) bond motifs is 16. The molecular formula is C53H40O. The summed E-state index contributed by atoms with van der Waals surface area (Å²) >= 11 is 0. The molecule has 9 aromatic rings. The van der Waals surface area contributed by atoms with Gasteiger partial charge in [0.15, 0.2) is 0 Å². The summed E-state index contributed by atoms with van der Waals surface area (Å²) in [5.74, 6) is 0. The first-order chi connectivity index (χ1) is 26.0. The molecule has 0 unspecified atom stereocenters. The molecular weight excluding hydrogens is 653 g/mol. The molecule has 0 radical (unpaired) electrons. The van der Waals surface area contributed by atoms with Crippen molar-refractivity contribution in [1.82, 2.24) is 0 Å². The zero-order valence-electron chi connectivity index (χ0n) is 31.6. The van der Waals surface area contributed by atoms with Crippen molar-refractivity contribution in [1.29, 1.82) is 0 Å². The highest BCUT2D eigenvalue weighted by atomic mass is 16.3. The van der Waals surface area contributed by atoms with Crippen LogP contribution in [0.4, 0.5) is 0 Å². The highest BCUT2D eigenvalue weighted by Gasteiger charge is 2.45. The van der Waals surface area contributed by atoms with Gasteiger partial charge in [-0.3, -0.25) is 0 Å². The molecule has 8 aromatic carbocycles. The minimum Gasteiger partial charge on any atom is -0.456 e. The fraction of sp³-hybridized carbons (Fsp3) is 0.170. The summed E-state index contributed by atoms with van der Waals surface area (Å²) < 4.78 is 6.23. The fourth-order valence-corrected chi connectivity index (χ4v) is 10.9. The maximum Gasteiger partial charge on any atom is 0.135 e. The van der Waals surface area contributed by atoms with Crippen LogP contribution < -0.4 is 0 Å². The molecule has 258 valence electrons. The normalized spacial score (nSPS) is 16.4. The van der Waals surface area contributed by atoms with Crippen LogP contribution in [0.25, 0.3) is 88.0 Å². The molecule has 0 saturated carbocycles. The first kappa shape index (κ1) is 30.5. The van der Waals surface area contributed by atoms with Crippen LogP contribution in [0.1, 0.15) is 74.9 Å². The van der Waals surface area contributed by atoms with E-state index < -0.39 is 0 Å². The van der Waals surface area contributed by atoms with Crippen molar-refractivity contribution in [2.45, 2.75) is 57.8 Å². The predicted octanol–water partition coefficient (Wildman–Crippen LogP) is 14.5. The lowest BCUT2D eigenvalue weighted by atomic mass is 9.78. The van der Waals surface area contributed by atoms with Crippen molar-refractivity contribution >= 4 is 43.5 Å². The Bertz CT molecular complexity index is 3180. The molecule has 12 rings (SSSR count). The molecule has 1 nitrogen and oxygen atoms in total. The van der Waals surface area contributed by atoms with Gasteiger partial charge in [-0.15, -0.1) is 0 Å². The first-order valence-corrected chi connectivity index (χ1v) is 19.4. The van der Waals surface area contributed by atoms with Gasteiger partial charge < -0.3 is 4.42 Å². The maximum absolute atomic E-state index is 6.23. The van der Waals surface area contributed by atoms with E-state index in [0.29, 0.717) is 0 Å². The molecule has 3 aliphatic rings. The van der Waals surface area contributed by atoms with E-state index in [9.17, 15) is 0 Å². The van der Waals surface area contributed by atoms with Crippen LogP contribution >= 0.6 is 0 Å². The lowest BCUT2D eigenvalue weighted by Crippen LogP contribution is -2.17. The number of para-hydroxylation sites is 1. The van der Waals surface area contributed by atoms with Gasteiger partial charge in [0, 0.05) is 27.0 Å². The van der Waals surface area contributed by atoms with Gasteiger partial charge in [0.25, 0.3) is 0 Å². The van der Waals surface area contributed by atoms with Gasteiger partial charge in [-0.05, 0) is 148 Å². The van der Waals surface area contributed by atoms with Crippen LogP contribution in [-0.4, -0.2) is 0 Å². The number of benzene rings is 8. The van der Waals surface area contributed by atoms with E-state index in [0.717, 1.165) is 16.6 Å². The van der Waals surface area contributed by atoms with Gasteiger partial charge >= 0.3 is 0 Å². The molecule has 54 heavy (non-hydrogen) atoms. The Morgan fingerprint density at radius 2 is 0.833 bits per heavy atom. The Labute approximate surface area is 315 Å². The Balaban J connectivity index is 1.07. The van der Waals surface area contributed by atoms with E-state index in [2.05, 4.69) is 169 Å². The third-order valence-electron chi connectivity index (χ3n) is 13.8. The van der Waals surface area contributed by atoms with Crippen LogP contribution in [0.2, 0.25) is 0 Å². The van der Waals surface area contributed by atoms with E-state index in [4.69, 9.17) is 4.42 Å². The topological polar surface area (TPSA) is 13.1 Å². The number of furan rings is 1. The van der Waals surface area contributed by atoms with E-state index in [-0.39, 0.29) is 16.2 Å². The van der Waals surface area contributed by atoms with Crippen molar-refractivity contribution in [2.24, 2.45) is 0 Å². The number of rotatable bonds is 1. The van der Waals surface area contributed by atoms with Crippen molar-refractivity contribution < 1.29 is 4.42 Å². The van der Waals surface area contributed by atoms with Crippen LogP contribution in [-0.2, 0) is 16.2 Å². The van der Waals surface area contributed by atoms with Crippen molar-refractivity contribution in [3.8, 4) is 44.5 Å². The monoisotopic (exact) mass is 692 g/mol. The van der Waals surface area contributed by atoms with Gasteiger partial charge in [0.2, 0.25) is 0 Å². The Kier molecular flexibility index (Phi) is 5.53. The van der Waals surface area contributed by atoms with Crippen molar-refractivity contribution in [3.05, 3.63) is 167 Å². The number of hydrogen-bond acceptors (Lipinski definition) is 1. The second-order valence-corrected chi connectivity index (χ2v) is 17.7. The van der Waals surface area contributed by atoms with E-state index >= 15 is 0 Å². The predicted molar refractivity (Wildman–Crippen MR) is 227 cm³/mol. The SMILES string of the molecule is CC1(C)c2cc3c(cc2-c2cc4c(cc21)-c1c(cc(-c2ccc5oc6ccccc6c5c2)c2ccccc12)C4(C)C)C(C)(C)c1ccc2ccccc2c1-3. The highest BCUT2D eigenvalue weighted by Crippen LogP contribution is 2.61. The van der Waals surface area contributed by atoms with Crippen molar-refractivity contribution in [3.63, 3.8) is 0 Å². The zero-order valence-corrected chi connectivity index (χ0v) is 31.6. The molecule has 0 spiro atoms. The smallest absolute Gasteiger partial charge is 0.135 e. The summed E-state index contributed by atoms with van der Waals surface area (Å²) in [6.45, 7) is 14.6. The highest BCUT2D eigenvalue weighted by molar-refractivity contribution is 6.12. The molecule has 0 atom stereocenters. The third-order valence-corrected chi connectivity index (χ3v) is 13.8. The summed E-state index contributed by atoms with van der Waals surface area (Å²) in [6, 6.07) is 50.5. The zero-order chi connectivity index (χ0) is 36.5. The average molecular weight is 693 g/mol. The number of hydrogen-bond donors (Lipinski definition) is 0. The van der Waals surface area contributed by atoms with E-state index in [1.54, 1.807) is 0 Å². The van der Waals surface area contributed by atoms with E-state index in [1.807, 2.05) is 6.07 Å². The van der Waals surface area contributed by atoms with Gasteiger partial charge in [0.1, 0.15) is 11.2 Å². The fourth-order valence-electron chi connectivity index (χ4n) is 10.9. The standard InChI is InChI=1S/C53H40O/c1-51(2)41-21-19-29-13-7-8-14-31(29)49(41)39-27-42-36(25-44(39)51)37-26-45-40(28-43(37)52(42,3)4)50-34-17-10-9-15-32(34)35(24-46(50)53(45,5)6)30-20-22-48-38(23-30)33-16-11-12-18-47(33)54-48/h7-28H,1-6H3. The molecule has 1 aromatic heterocycles. The van der Waals surface area contributed by atoms with Crippen molar-refractivity contribution in [2.75, 3.05) is 0 Å². The lowest BCUT2D eigenvalue weighted by Gasteiger charge is -2.25. The Morgan fingerprint density at radius 1 is 0.333 bits per heavy atom. The van der Waals surface area contributed by atoms with Crippen LogP contribution in [0.15, 0.2) is 138 Å². The quantitative estimate of drug-likeness (QED) is 0.167. The van der Waals surface area contributed by atoms with Gasteiger partial charge in [-0.1, -0.05) is 126 Å². The molecule has 1 heteroatoms. The molecule has 0 fully saturated rings. The first-order valence-electron chi connectivity index (χ1n) is 19.4.